The van der Waals surface area contributed by atoms with Crippen molar-refractivity contribution in [3.05, 3.63) is 213 Å². The molecule has 0 fully saturated rings. The third-order valence-corrected chi connectivity index (χ3v) is 11.0. The van der Waals surface area contributed by atoms with Crippen LogP contribution in [0.2, 0.25) is 0 Å². The molecule has 5 heteroatoms. The number of hydrogen-bond acceptors (Lipinski definition) is 3. The molecule has 0 spiro atoms. The first kappa shape index (κ1) is 32.7. The van der Waals surface area contributed by atoms with Crippen LogP contribution in [0.25, 0.3) is 77.2 Å². The molecule has 4 heterocycles. The van der Waals surface area contributed by atoms with Gasteiger partial charge < -0.3 is 14.0 Å². The van der Waals surface area contributed by atoms with Gasteiger partial charge in [-0.25, -0.2) is 0 Å². The molecule has 0 aliphatic rings. The normalized spacial score (nSPS) is 11.5. The third-order valence-electron chi connectivity index (χ3n) is 11.0. The molecule has 57 heavy (non-hydrogen) atoms. The molecule has 0 aliphatic heterocycles. The SMILES string of the molecule is c1ccc(N(c2cccc3c2c2ccccc2n3-c2cccc(-c3cccnc3)c2)c2cccc3c2c2ccccc2n3-c2cccc(-c3cccnc3)c2)cc1. The number of para-hydroxylation sites is 3. The molecule has 0 unspecified atom stereocenters. The van der Waals surface area contributed by atoms with Gasteiger partial charge in [-0.2, -0.15) is 0 Å². The molecule has 0 amide bonds. The van der Waals surface area contributed by atoms with Gasteiger partial charge in [-0.15, -0.1) is 0 Å². The Morgan fingerprint density at radius 1 is 0.351 bits per heavy atom. The highest BCUT2D eigenvalue weighted by molar-refractivity contribution is 6.20. The van der Waals surface area contributed by atoms with Crippen LogP contribution in [-0.4, -0.2) is 19.1 Å². The summed E-state index contributed by atoms with van der Waals surface area (Å²) in [5.74, 6) is 0. The van der Waals surface area contributed by atoms with Gasteiger partial charge in [0.1, 0.15) is 0 Å². The molecule has 4 aromatic heterocycles. The Kier molecular flexibility index (Phi) is 7.74. The molecule has 0 atom stereocenters. The average molecular weight is 730 g/mol. The number of fused-ring (bicyclic) bond motifs is 6. The topological polar surface area (TPSA) is 38.9 Å². The zero-order valence-electron chi connectivity index (χ0n) is 30.9. The minimum absolute atomic E-state index is 1.09. The number of hydrogen-bond donors (Lipinski definition) is 0. The minimum Gasteiger partial charge on any atom is -0.309 e. The fourth-order valence-electron chi connectivity index (χ4n) is 8.63. The highest BCUT2D eigenvalue weighted by Gasteiger charge is 2.24. The molecule has 7 aromatic carbocycles. The number of rotatable bonds is 7. The van der Waals surface area contributed by atoms with Gasteiger partial charge in [-0.1, -0.05) is 103 Å². The number of pyridine rings is 2. The maximum atomic E-state index is 4.40. The lowest BCUT2D eigenvalue weighted by Gasteiger charge is -2.27. The summed E-state index contributed by atoms with van der Waals surface area (Å²) in [5.41, 5.74) is 14.5. The average Bonchev–Trinajstić information content (AvgIpc) is 3.82. The maximum absolute atomic E-state index is 4.40. The summed E-state index contributed by atoms with van der Waals surface area (Å²) in [5, 5.41) is 4.76. The van der Waals surface area contributed by atoms with Crippen LogP contribution in [0.4, 0.5) is 17.1 Å². The molecule has 11 aromatic rings. The molecular weight excluding hydrogens is 695 g/mol. The number of nitrogens with zero attached hydrogens (tertiary/aromatic N) is 5. The van der Waals surface area contributed by atoms with Gasteiger partial charge in [-0.3, -0.25) is 9.97 Å². The van der Waals surface area contributed by atoms with E-state index in [2.05, 4.69) is 200 Å². The number of aromatic nitrogens is 4. The lowest BCUT2D eigenvalue weighted by molar-refractivity contribution is 1.18. The van der Waals surface area contributed by atoms with Crippen LogP contribution in [0.1, 0.15) is 0 Å². The monoisotopic (exact) mass is 729 g/mol. The largest absolute Gasteiger partial charge is 0.309 e. The summed E-state index contributed by atoms with van der Waals surface area (Å²) >= 11 is 0. The van der Waals surface area contributed by atoms with E-state index in [1.165, 1.54) is 21.5 Å². The lowest BCUT2D eigenvalue weighted by atomic mass is 10.1. The number of benzene rings is 7. The fraction of sp³-hybridized carbons (Fsp3) is 0. The zero-order chi connectivity index (χ0) is 37.7. The summed E-state index contributed by atoms with van der Waals surface area (Å²) in [6.07, 6.45) is 7.49. The van der Waals surface area contributed by atoms with Crippen LogP contribution < -0.4 is 4.90 Å². The van der Waals surface area contributed by atoms with Crippen molar-refractivity contribution in [1.29, 1.82) is 0 Å². The van der Waals surface area contributed by atoms with Gasteiger partial charge in [0.2, 0.25) is 0 Å². The predicted octanol–water partition coefficient (Wildman–Crippen LogP) is 13.5. The first-order valence-electron chi connectivity index (χ1n) is 19.2. The van der Waals surface area contributed by atoms with Gasteiger partial charge in [0.15, 0.2) is 0 Å². The maximum Gasteiger partial charge on any atom is 0.0562 e. The van der Waals surface area contributed by atoms with Crippen molar-refractivity contribution in [1.82, 2.24) is 19.1 Å². The first-order chi connectivity index (χ1) is 28.3. The van der Waals surface area contributed by atoms with Crippen LogP contribution in [0, 0.1) is 0 Å². The molecule has 11 rings (SSSR count). The third kappa shape index (κ3) is 5.40. The molecule has 0 aliphatic carbocycles. The summed E-state index contributed by atoms with van der Waals surface area (Å²) < 4.78 is 4.80. The Morgan fingerprint density at radius 2 is 0.789 bits per heavy atom. The molecule has 0 N–H and O–H groups in total. The van der Waals surface area contributed by atoms with Crippen LogP contribution in [0.5, 0.6) is 0 Å². The van der Waals surface area contributed by atoms with E-state index in [9.17, 15) is 0 Å². The van der Waals surface area contributed by atoms with Gasteiger partial charge in [0.05, 0.1) is 33.4 Å². The van der Waals surface area contributed by atoms with E-state index in [0.29, 0.717) is 0 Å². The Balaban J connectivity index is 1.18. The summed E-state index contributed by atoms with van der Waals surface area (Å²) in [7, 11) is 0. The van der Waals surface area contributed by atoms with Gasteiger partial charge >= 0.3 is 0 Å². The van der Waals surface area contributed by atoms with Gasteiger partial charge in [0, 0.05) is 74.5 Å². The van der Waals surface area contributed by atoms with Crippen molar-refractivity contribution in [2.75, 3.05) is 4.90 Å². The summed E-state index contributed by atoms with van der Waals surface area (Å²) in [6, 6.07) is 67.5. The van der Waals surface area contributed by atoms with Crippen molar-refractivity contribution >= 4 is 60.7 Å². The standard InChI is InChI=1S/C52H35N5/c1-2-18-40(19-3-1)55(47-26-10-28-49-51(47)43-22-4-6-24-45(43)56(49)41-20-8-14-36(32-41)38-16-12-30-53-34-38)48-27-11-29-50-52(48)44-23-5-7-25-46(44)57(50)42-21-9-15-37(33-42)39-17-13-31-54-35-39/h1-35H. The van der Waals surface area contributed by atoms with Crippen molar-refractivity contribution in [3.63, 3.8) is 0 Å². The highest BCUT2D eigenvalue weighted by atomic mass is 15.2. The second-order valence-corrected chi connectivity index (χ2v) is 14.3. The van der Waals surface area contributed by atoms with Crippen LogP contribution in [-0.2, 0) is 0 Å². The van der Waals surface area contributed by atoms with Gasteiger partial charge in [0.25, 0.3) is 0 Å². The van der Waals surface area contributed by atoms with Crippen LogP contribution in [0.15, 0.2) is 213 Å². The van der Waals surface area contributed by atoms with E-state index in [1.54, 1.807) is 0 Å². The van der Waals surface area contributed by atoms with Crippen LogP contribution in [0.3, 0.4) is 0 Å². The Bertz CT molecular complexity index is 3040. The number of anilines is 3. The molecule has 0 radical (unpaired) electrons. The second kappa shape index (κ2) is 13.5. The van der Waals surface area contributed by atoms with Crippen molar-refractivity contribution in [2.24, 2.45) is 0 Å². The van der Waals surface area contributed by atoms with E-state index >= 15 is 0 Å². The van der Waals surface area contributed by atoms with Crippen LogP contribution >= 0.6 is 0 Å². The van der Waals surface area contributed by atoms with Crippen molar-refractivity contribution in [3.8, 4) is 33.6 Å². The Hall–Kier alpha value is -7.76. The van der Waals surface area contributed by atoms with Crippen molar-refractivity contribution in [2.45, 2.75) is 0 Å². The van der Waals surface area contributed by atoms with E-state index < -0.39 is 0 Å². The Morgan fingerprint density at radius 3 is 1.28 bits per heavy atom. The summed E-state index contributed by atoms with van der Waals surface area (Å²) in [6.45, 7) is 0. The van der Waals surface area contributed by atoms with E-state index in [1.807, 2.05) is 36.9 Å². The molecule has 5 nitrogen and oxygen atoms in total. The molecule has 0 saturated heterocycles. The van der Waals surface area contributed by atoms with E-state index in [-0.39, 0.29) is 0 Å². The Labute approximate surface area is 330 Å². The van der Waals surface area contributed by atoms with Gasteiger partial charge in [-0.05, 0) is 96.1 Å². The molecule has 0 saturated carbocycles. The smallest absolute Gasteiger partial charge is 0.0562 e. The molecule has 268 valence electrons. The molecule has 0 bridgehead atoms. The fourth-order valence-corrected chi connectivity index (χ4v) is 8.63. The molecular formula is C52H35N5. The highest BCUT2D eigenvalue weighted by Crippen LogP contribution is 2.48. The van der Waals surface area contributed by atoms with Crippen molar-refractivity contribution < 1.29 is 0 Å². The zero-order valence-corrected chi connectivity index (χ0v) is 30.9. The van der Waals surface area contributed by atoms with E-state index in [0.717, 1.165) is 72.8 Å². The minimum atomic E-state index is 1.09. The summed E-state index contributed by atoms with van der Waals surface area (Å²) in [4.78, 5) is 11.3. The predicted molar refractivity (Wildman–Crippen MR) is 236 cm³/mol. The quantitative estimate of drug-likeness (QED) is 0.164. The lowest BCUT2D eigenvalue weighted by Crippen LogP contribution is -2.11. The van der Waals surface area contributed by atoms with E-state index in [4.69, 9.17) is 0 Å². The first-order valence-corrected chi connectivity index (χ1v) is 19.2. The second-order valence-electron chi connectivity index (χ2n) is 14.3.